The summed E-state index contributed by atoms with van der Waals surface area (Å²) in [5.74, 6) is -1.98. The second-order valence-corrected chi connectivity index (χ2v) is 7.58. The minimum absolute atomic E-state index is 0.0866. The molecule has 1 saturated heterocycles. The summed E-state index contributed by atoms with van der Waals surface area (Å²) in [6.07, 6.45) is 1.01. The molecule has 1 aliphatic heterocycles. The number of carboxylic acids is 1. The van der Waals surface area contributed by atoms with E-state index in [2.05, 4.69) is 15.5 Å². The van der Waals surface area contributed by atoms with Crippen molar-refractivity contribution in [3.63, 3.8) is 0 Å². The fraction of sp³-hybridized carbons (Fsp3) is 0.158. The Labute approximate surface area is 174 Å². The van der Waals surface area contributed by atoms with Gasteiger partial charge in [-0.2, -0.15) is 5.10 Å². The van der Waals surface area contributed by atoms with E-state index in [-0.39, 0.29) is 23.9 Å². The van der Waals surface area contributed by atoms with E-state index in [9.17, 15) is 14.0 Å². The van der Waals surface area contributed by atoms with E-state index in [4.69, 9.17) is 21.4 Å². The molecule has 2 aromatic rings. The molecule has 0 aliphatic carbocycles. The molecule has 1 heterocycles. The Kier molecular flexibility index (Phi) is 6.84. The summed E-state index contributed by atoms with van der Waals surface area (Å²) in [5, 5.41) is 18.8. The third kappa shape index (κ3) is 6.03. The number of carbonyl (C=O) groups is 2. The highest BCUT2D eigenvalue weighted by atomic mass is 35.5. The van der Waals surface area contributed by atoms with Crippen molar-refractivity contribution >= 4 is 46.6 Å². The topological polar surface area (TPSA) is 100 Å². The number of amides is 1. The second kappa shape index (κ2) is 9.53. The second-order valence-electron chi connectivity index (χ2n) is 5.95. The molecular formula is C19H15ClFN3O4S. The summed E-state index contributed by atoms with van der Waals surface area (Å²) in [6.45, 7) is 0.174. The summed E-state index contributed by atoms with van der Waals surface area (Å²) in [7, 11) is 0. The minimum Gasteiger partial charge on any atom is -0.486 e. The van der Waals surface area contributed by atoms with Crippen molar-refractivity contribution in [3.05, 3.63) is 64.4 Å². The average molecular weight is 436 g/mol. The van der Waals surface area contributed by atoms with Gasteiger partial charge in [0.25, 0.3) is 0 Å². The summed E-state index contributed by atoms with van der Waals surface area (Å²) in [5.41, 5.74) is 1.26. The Morgan fingerprint density at radius 2 is 2.17 bits per heavy atom. The number of hydrogen-bond donors (Lipinski definition) is 2. The number of halogens is 2. The third-order valence-corrected chi connectivity index (χ3v) is 5.04. The SMILES string of the molecule is O=C(O)CC1SC(=NN=Cc2ccc(OCc3cccc(Cl)c3)c(F)c2)NC1=O. The molecule has 1 fully saturated rings. The van der Waals surface area contributed by atoms with Gasteiger partial charge in [0, 0.05) is 5.02 Å². The zero-order valence-electron chi connectivity index (χ0n) is 14.8. The van der Waals surface area contributed by atoms with E-state index in [0.29, 0.717) is 10.6 Å². The number of nitrogens with one attached hydrogen (secondary N) is 1. The summed E-state index contributed by atoms with van der Waals surface area (Å²) < 4.78 is 19.7. The van der Waals surface area contributed by atoms with Crippen LogP contribution in [0.3, 0.4) is 0 Å². The number of rotatable bonds is 7. The van der Waals surface area contributed by atoms with Gasteiger partial charge in [-0.3, -0.25) is 9.59 Å². The van der Waals surface area contributed by atoms with E-state index in [1.165, 1.54) is 18.3 Å². The predicted octanol–water partition coefficient (Wildman–Crippen LogP) is 3.45. The van der Waals surface area contributed by atoms with Crippen LogP contribution in [-0.2, 0) is 16.2 Å². The van der Waals surface area contributed by atoms with E-state index in [1.54, 1.807) is 24.3 Å². The number of ether oxygens (including phenoxy) is 1. The van der Waals surface area contributed by atoms with Gasteiger partial charge >= 0.3 is 5.97 Å². The molecule has 29 heavy (non-hydrogen) atoms. The van der Waals surface area contributed by atoms with Crippen LogP contribution in [0.2, 0.25) is 5.02 Å². The van der Waals surface area contributed by atoms with Crippen LogP contribution in [0, 0.1) is 5.82 Å². The Hall–Kier alpha value is -2.91. The van der Waals surface area contributed by atoms with Crippen molar-refractivity contribution in [1.82, 2.24) is 5.32 Å². The maximum absolute atomic E-state index is 14.2. The largest absolute Gasteiger partial charge is 0.486 e. The van der Waals surface area contributed by atoms with Crippen molar-refractivity contribution in [2.75, 3.05) is 0 Å². The van der Waals surface area contributed by atoms with Crippen LogP contribution in [0.5, 0.6) is 5.75 Å². The van der Waals surface area contributed by atoms with E-state index in [1.807, 2.05) is 6.07 Å². The number of benzene rings is 2. The Bertz CT molecular complexity index is 999. The number of thioether (sulfide) groups is 1. The molecule has 0 radical (unpaired) electrons. The molecule has 1 aliphatic rings. The smallest absolute Gasteiger partial charge is 0.305 e. The molecule has 0 saturated carbocycles. The van der Waals surface area contributed by atoms with Gasteiger partial charge in [-0.25, -0.2) is 4.39 Å². The average Bonchev–Trinajstić information content (AvgIpc) is 3.00. The van der Waals surface area contributed by atoms with Gasteiger partial charge in [0.1, 0.15) is 11.9 Å². The van der Waals surface area contributed by atoms with Gasteiger partial charge in [-0.15, -0.1) is 5.10 Å². The molecule has 2 aromatic carbocycles. The lowest BCUT2D eigenvalue weighted by Gasteiger charge is -2.08. The lowest BCUT2D eigenvalue weighted by molar-refractivity contribution is -0.138. The van der Waals surface area contributed by atoms with Gasteiger partial charge in [0.2, 0.25) is 5.91 Å². The number of aliphatic carboxylic acids is 1. The van der Waals surface area contributed by atoms with Crippen LogP contribution < -0.4 is 10.1 Å². The first-order valence-corrected chi connectivity index (χ1v) is 9.63. The quantitative estimate of drug-likeness (QED) is 0.512. The fourth-order valence-electron chi connectivity index (χ4n) is 2.40. The molecular weight excluding hydrogens is 421 g/mol. The molecule has 1 unspecified atom stereocenters. The van der Waals surface area contributed by atoms with Crippen molar-refractivity contribution < 1.29 is 23.8 Å². The first-order valence-electron chi connectivity index (χ1n) is 8.38. The number of nitrogens with zero attached hydrogens (tertiary/aromatic N) is 2. The molecule has 0 spiro atoms. The summed E-state index contributed by atoms with van der Waals surface area (Å²) in [6, 6.07) is 11.4. The van der Waals surface area contributed by atoms with Crippen LogP contribution in [-0.4, -0.2) is 33.6 Å². The number of hydrogen-bond acceptors (Lipinski definition) is 6. The van der Waals surface area contributed by atoms with Crippen LogP contribution in [0.15, 0.2) is 52.7 Å². The van der Waals surface area contributed by atoms with Crippen molar-refractivity contribution in [3.8, 4) is 5.75 Å². The maximum atomic E-state index is 14.2. The summed E-state index contributed by atoms with van der Waals surface area (Å²) >= 11 is 6.89. The van der Waals surface area contributed by atoms with Crippen LogP contribution in [0.4, 0.5) is 4.39 Å². The van der Waals surface area contributed by atoms with Crippen molar-refractivity contribution in [2.45, 2.75) is 18.3 Å². The van der Waals surface area contributed by atoms with Crippen LogP contribution in [0.1, 0.15) is 17.5 Å². The molecule has 3 rings (SSSR count). The highest BCUT2D eigenvalue weighted by Crippen LogP contribution is 2.23. The van der Waals surface area contributed by atoms with Gasteiger partial charge in [0.05, 0.1) is 12.6 Å². The predicted molar refractivity (Wildman–Crippen MR) is 109 cm³/mol. The number of carbonyl (C=O) groups excluding carboxylic acids is 1. The number of amidine groups is 1. The molecule has 2 N–H and O–H groups in total. The first-order chi connectivity index (χ1) is 13.9. The lowest BCUT2D eigenvalue weighted by Crippen LogP contribution is -2.26. The molecule has 0 aromatic heterocycles. The molecule has 10 heteroatoms. The Morgan fingerprint density at radius 3 is 2.90 bits per heavy atom. The van der Waals surface area contributed by atoms with Gasteiger partial charge in [-0.05, 0) is 41.5 Å². The van der Waals surface area contributed by atoms with E-state index >= 15 is 0 Å². The van der Waals surface area contributed by atoms with Crippen LogP contribution in [0.25, 0.3) is 0 Å². The van der Waals surface area contributed by atoms with E-state index in [0.717, 1.165) is 17.3 Å². The molecule has 7 nitrogen and oxygen atoms in total. The lowest BCUT2D eigenvalue weighted by atomic mass is 10.2. The molecule has 1 atom stereocenters. The van der Waals surface area contributed by atoms with Crippen LogP contribution >= 0.6 is 23.4 Å². The van der Waals surface area contributed by atoms with Crippen molar-refractivity contribution in [2.24, 2.45) is 10.2 Å². The molecule has 1 amide bonds. The monoisotopic (exact) mass is 435 g/mol. The maximum Gasteiger partial charge on any atom is 0.305 e. The van der Waals surface area contributed by atoms with E-state index < -0.39 is 22.9 Å². The number of carboxylic acid groups (broad SMARTS) is 1. The minimum atomic E-state index is -1.07. The Balaban J connectivity index is 1.59. The third-order valence-electron chi connectivity index (χ3n) is 3.73. The van der Waals surface area contributed by atoms with Gasteiger partial charge < -0.3 is 15.2 Å². The highest BCUT2D eigenvalue weighted by molar-refractivity contribution is 8.15. The highest BCUT2D eigenvalue weighted by Gasteiger charge is 2.32. The molecule has 150 valence electrons. The zero-order chi connectivity index (χ0) is 20.8. The Morgan fingerprint density at radius 1 is 1.34 bits per heavy atom. The van der Waals surface area contributed by atoms with Crippen molar-refractivity contribution in [1.29, 1.82) is 0 Å². The fourth-order valence-corrected chi connectivity index (χ4v) is 3.52. The van der Waals surface area contributed by atoms with Gasteiger partial charge in [0.15, 0.2) is 16.7 Å². The normalized spacial score (nSPS) is 17.7. The standard InChI is InChI=1S/C19H15ClFN3O4S/c20-13-3-1-2-12(6-13)10-28-15-5-4-11(7-14(15)21)9-22-24-19-23-18(27)16(29-19)8-17(25)26/h1-7,9,16H,8,10H2,(H,25,26)(H,23,24,27). The zero-order valence-corrected chi connectivity index (χ0v) is 16.4. The first kappa shape index (κ1) is 20.8. The summed E-state index contributed by atoms with van der Waals surface area (Å²) in [4.78, 5) is 22.3. The molecule has 0 bridgehead atoms. The van der Waals surface area contributed by atoms with Gasteiger partial charge in [-0.1, -0.05) is 35.5 Å².